The van der Waals surface area contributed by atoms with Crippen LogP contribution in [0.4, 0.5) is 0 Å². The summed E-state index contributed by atoms with van der Waals surface area (Å²) in [6, 6.07) is -3.88. The molecule has 15 atom stereocenters. The molecule has 33 heavy (non-hydrogen) atoms. The minimum atomic E-state index is -1.61. The molecule has 0 aromatic rings. The van der Waals surface area contributed by atoms with Crippen LogP contribution >= 0.6 is 0 Å². The fraction of sp³-hybridized carbons (Fsp3) is 1.00. The Kier molecular flexibility index (Phi) is 8.99. The first-order valence-electron chi connectivity index (χ1n) is 10.9. The summed E-state index contributed by atoms with van der Waals surface area (Å²) in [4.78, 5) is 0. The maximum absolute atomic E-state index is 10.7. The second-order valence-electron chi connectivity index (χ2n) is 8.88. The molecule has 2 aliphatic heterocycles. The van der Waals surface area contributed by atoms with E-state index in [0.29, 0.717) is 0 Å². The van der Waals surface area contributed by atoms with Gasteiger partial charge in [-0.25, -0.2) is 0 Å². The van der Waals surface area contributed by atoms with Crippen molar-refractivity contribution in [2.45, 2.75) is 98.1 Å². The van der Waals surface area contributed by atoms with E-state index in [1.807, 2.05) is 0 Å². The Balaban J connectivity index is 1.80. The molecular weight excluding hydrogens is 446 g/mol. The van der Waals surface area contributed by atoms with Crippen LogP contribution in [0, 0.1) is 0 Å². The number of aliphatic hydroxyl groups is 6. The molecule has 3 rings (SSSR count). The summed E-state index contributed by atoms with van der Waals surface area (Å²) >= 11 is 0. The van der Waals surface area contributed by atoms with Gasteiger partial charge in [0.05, 0.1) is 24.8 Å². The van der Waals surface area contributed by atoms with Gasteiger partial charge < -0.3 is 78.3 Å². The first-order chi connectivity index (χ1) is 15.5. The van der Waals surface area contributed by atoms with Gasteiger partial charge in [-0.2, -0.15) is 0 Å². The van der Waals surface area contributed by atoms with Gasteiger partial charge in [-0.05, 0) is 6.42 Å². The highest BCUT2D eigenvalue weighted by molar-refractivity contribution is 5.01. The Morgan fingerprint density at radius 1 is 0.667 bits per heavy atom. The molecule has 3 fully saturated rings. The minimum Gasteiger partial charge on any atom is -0.394 e. The maximum Gasteiger partial charge on any atom is 0.187 e. The highest BCUT2D eigenvalue weighted by atomic mass is 16.7. The lowest BCUT2D eigenvalue weighted by atomic mass is 9.84. The zero-order valence-electron chi connectivity index (χ0n) is 18.0. The lowest BCUT2D eigenvalue weighted by Gasteiger charge is -2.48. The van der Waals surface area contributed by atoms with Crippen LogP contribution < -0.4 is 28.7 Å². The van der Waals surface area contributed by atoms with Crippen molar-refractivity contribution in [2.24, 2.45) is 28.7 Å². The van der Waals surface area contributed by atoms with Crippen molar-refractivity contribution < 1.29 is 49.6 Å². The van der Waals surface area contributed by atoms with Gasteiger partial charge in [-0.15, -0.1) is 0 Å². The SMILES string of the molecule is NC[C@H]1O[C@H](O[C@H]2[C@H](O[C@@H]3O[C@H](CO)[C@H](N)[C@H](O)[C@H]3O)[C@@H](O)[C@H](N)C[C@@H]2N)[C@H](N)[C@@H](O)[C@@H]1O. The van der Waals surface area contributed by atoms with Crippen LogP contribution in [0.5, 0.6) is 0 Å². The molecule has 0 bridgehead atoms. The fourth-order valence-electron chi connectivity index (χ4n) is 4.41. The predicted octanol–water partition coefficient (Wildman–Crippen LogP) is -7.33. The third kappa shape index (κ3) is 5.32. The Labute approximate surface area is 190 Å². The van der Waals surface area contributed by atoms with Gasteiger partial charge in [0.1, 0.15) is 48.8 Å². The zero-order chi connectivity index (χ0) is 24.6. The second-order valence-corrected chi connectivity index (χ2v) is 8.88. The van der Waals surface area contributed by atoms with E-state index in [1.54, 1.807) is 0 Å². The molecule has 1 aliphatic carbocycles. The predicted molar refractivity (Wildman–Crippen MR) is 110 cm³/mol. The third-order valence-electron chi connectivity index (χ3n) is 6.57. The molecule has 2 heterocycles. The van der Waals surface area contributed by atoms with Gasteiger partial charge in [0, 0.05) is 18.6 Å². The summed E-state index contributed by atoms with van der Waals surface area (Å²) in [6.45, 7) is -0.680. The topological polar surface area (TPSA) is 288 Å². The molecule has 0 spiro atoms. The smallest absolute Gasteiger partial charge is 0.187 e. The van der Waals surface area contributed by atoms with Gasteiger partial charge in [0.2, 0.25) is 0 Å². The molecule has 16 N–H and O–H groups in total. The minimum absolute atomic E-state index is 0.125. The molecular formula is C18H37N5O10. The average molecular weight is 484 g/mol. The fourth-order valence-corrected chi connectivity index (χ4v) is 4.41. The van der Waals surface area contributed by atoms with Crippen molar-refractivity contribution in [3.05, 3.63) is 0 Å². The van der Waals surface area contributed by atoms with E-state index in [1.165, 1.54) is 0 Å². The number of ether oxygens (including phenoxy) is 4. The van der Waals surface area contributed by atoms with Gasteiger partial charge in [0.25, 0.3) is 0 Å². The van der Waals surface area contributed by atoms with E-state index in [0.717, 1.165) is 0 Å². The second kappa shape index (κ2) is 11.0. The molecule has 0 amide bonds. The standard InChI is InChI=1S/C18H37N5O10/c19-2-6-11(26)13(28)9(23)17(30-6)32-15-5(21)1-4(20)10(25)16(15)33-18-14(29)12(27)8(22)7(3-24)31-18/h4-18,24-29H,1-3,19-23H2/t4-,5+,6-,7-,8+,9-,10+,11-,12+,13-,14-,15-,16-,17-,18+/m1/s1. The van der Waals surface area contributed by atoms with E-state index < -0.39 is 98.3 Å². The summed E-state index contributed by atoms with van der Waals surface area (Å²) in [5.41, 5.74) is 29.5. The average Bonchev–Trinajstić information content (AvgIpc) is 2.79. The normalized spacial score (nSPS) is 53.7. The summed E-state index contributed by atoms with van der Waals surface area (Å²) in [6.07, 6.45) is -14.3. The Hall–Kier alpha value is -0.600. The first kappa shape index (κ1) is 27.0. The number of hydrogen-bond acceptors (Lipinski definition) is 15. The monoisotopic (exact) mass is 483 g/mol. The van der Waals surface area contributed by atoms with Gasteiger partial charge in [-0.1, -0.05) is 0 Å². The van der Waals surface area contributed by atoms with Crippen molar-refractivity contribution in [3.8, 4) is 0 Å². The van der Waals surface area contributed by atoms with E-state index in [4.69, 9.17) is 47.6 Å². The van der Waals surface area contributed by atoms with Crippen LogP contribution in [0.1, 0.15) is 6.42 Å². The summed E-state index contributed by atoms with van der Waals surface area (Å²) in [5, 5.41) is 61.1. The Morgan fingerprint density at radius 2 is 1.24 bits per heavy atom. The number of nitrogens with two attached hydrogens (primary N) is 5. The highest BCUT2D eigenvalue weighted by Crippen LogP contribution is 2.31. The highest BCUT2D eigenvalue weighted by Gasteiger charge is 2.51. The molecule has 0 aromatic carbocycles. The number of hydrogen-bond donors (Lipinski definition) is 11. The molecule has 1 saturated carbocycles. The summed E-state index contributed by atoms with van der Waals surface area (Å²) in [7, 11) is 0. The van der Waals surface area contributed by atoms with Crippen LogP contribution in [0.15, 0.2) is 0 Å². The Bertz CT molecular complexity index is 635. The third-order valence-corrected chi connectivity index (χ3v) is 6.57. The van der Waals surface area contributed by atoms with Crippen molar-refractivity contribution >= 4 is 0 Å². The van der Waals surface area contributed by atoms with Crippen LogP contribution in [-0.2, 0) is 18.9 Å². The lowest BCUT2D eigenvalue weighted by Crippen LogP contribution is -2.69. The van der Waals surface area contributed by atoms with Gasteiger partial charge >= 0.3 is 0 Å². The van der Waals surface area contributed by atoms with Gasteiger partial charge in [0.15, 0.2) is 12.6 Å². The molecule has 194 valence electrons. The lowest BCUT2D eigenvalue weighted by molar-refractivity contribution is -0.331. The van der Waals surface area contributed by atoms with E-state index >= 15 is 0 Å². The van der Waals surface area contributed by atoms with E-state index in [-0.39, 0.29) is 13.0 Å². The molecule has 0 aromatic heterocycles. The molecule has 15 heteroatoms. The van der Waals surface area contributed by atoms with Crippen molar-refractivity contribution in [1.82, 2.24) is 0 Å². The summed E-state index contributed by atoms with van der Waals surface area (Å²) < 4.78 is 22.7. The summed E-state index contributed by atoms with van der Waals surface area (Å²) in [5.74, 6) is 0. The molecule has 3 aliphatic rings. The maximum atomic E-state index is 10.7. The van der Waals surface area contributed by atoms with Crippen molar-refractivity contribution in [3.63, 3.8) is 0 Å². The van der Waals surface area contributed by atoms with Gasteiger partial charge in [-0.3, -0.25) is 0 Å². The zero-order valence-corrected chi connectivity index (χ0v) is 18.0. The number of aliphatic hydroxyl groups excluding tert-OH is 6. The van der Waals surface area contributed by atoms with Crippen molar-refractivity contribution in [2.75, 3.05) is 13.2 Å². The largest absolute Gasteiger partial charge is 0.394 e. The van der Waals surface area contributed by atoms with Crippen molar-refractivity contribution in [1.29, 1.82) is 0 Å². The van der Waals surface area contributed by atoms with Crippen LogP contribution in [0.3, 0.4) is 0 Å². The first-order valence-corrected chi connectivity index (χ1v) is 10.9. The number of rotatable bonds is 6. The quantitative estimate of drug-likeness (QED) is 0.167. The van der Waals surface area contributed by atoms with Crippen LogP contribution in [0.25, 0.3) is 0 Å². The molecule has 15 nitrogen and oxygen atoms in total. The van der Waals surface area contributed by atoms with E-state index in [2.05, 4.69) is 0 Å². The Morgan fingerprint density at radius 3 is 1.85 bits per heavy atom. The molecule has 0 unspecified atom stereocenters. The molecule has 0 radical (unpaired) electrons. The van der Waals surface area contributed by atoms with E-state index in [9.17, 15) is 30.6 Å². The van der Waals surface area contributed by atoms with Crippen LogP contribution in [0.2, 0.25) is 0 Å². The molecule has 2 saturated heterocycles. The van der Waals surface area contributed by atoms with Crippen LogP contribution in [-0.4, -0.2) is 135 Å².